The molecule has 4 heavy (non-hydrogen) atoms. The molecule has 0 unspecified atom stereocenters. The van der Waals surface area contributed by atoms with E-state index in [4.69, 9.17) is 0 Å². The van der Waals surface area contributed by atoms with Gasteiger partial charge < -0.3 is 0 Å². The molecule has 0 aliphatic heterocycles. The van der Waals surface area contributed by atoms with Crippen molar-refractivity contribution in [3.63, 3.8) is 0 Å². The molecule has 4 heteroatoms. The summed E-state index contributed by atoms with van der Waals surface area (Å²) in [6, 6.07) is 0. The van der Waals surface area contributed by atoms with Gasteiger partial charge in [0.25, 0.3) is 0 Å². The summed E-state index contributed by atoms with van der Waals surface area (Å²) >= 11 is 1.13. The van der Waals surface area contributed by atoms with Crippen LogP contribution in [-0.4, -0.2) is 85.4 Å². The molecule has 0 heterocycles. The molecule has 0 atom stereocenters. The van der Waals surface area contributed by atoms with Crippen molar-refractivity contribution in [2.45, 2.75) is 0 Å². The summed E-state index contributed by atoms with van der Waals surface area (Å²) in [4.78, 5) is 0. The predicted octanol–water partition coefficient (Wildman–Crippen LogP) is -1.57. The Morgan fingerprint density at radius 3 is 1.25 bits per heavy atom. The van der Waals surface area contributed by atoms with E-state index in [9.17, 15) is 0 Å². The Balaban J connectivity index is -0.00000000500. The first kappa shape index (κ1) is 15.7. The Labute approximate surface area is 92.1 Å². The van der Waals surface area contributed by atoms with Gasteiger partial charge in [0.15, 0.2) is 0 Å². The van der Waals surface area contributed by atoms with Gasteiger partial charge in [-0.05, 0) is 0 Å². The van der Waals surface area contributed by atoms with Crippen LogP contribution in [0.2, 0.25) is 0 Å². The average Bonchev–Trinajstić information content (AvgIpc) is 1.00. The van der Waals surface area contributed by atoms with E-state index < -0.39 is 0 Å². The van der Waals surface area contributed by atoms with Gasteiger partial charge >= 0.3 is 94.6 Å². The molecule has 0 saturated carbocycles. The Hall–Kier alpha value is 3.12. The van der Waals surface area contributed by atoms with Gasteiger partial charge in [0, 0.05) is 0 Å². The zero-order valence-electron chi connectivity index (χ0n) is 0.908. The summed E-state index contributed by atoms with van der Waals surface area (Å²) in [5, 5.41) is 0. The predicted molar refractivity (Wildman–Crippen MR) is 30.4 cm³/mol. The normalized spacial score (nSPS) is 1.00. The van der Waals surface area contributed by atoms with Crippen LogP contribution in [0.1, 0.15) is 0 Å². The molecule has 0 aromatic carbocycles. The van der Waals surface area contributed by atoms with E-state index in [0.717, 1.165) is 21.1 Å². The van der Waals surface area contributed by atoms with Crippen LogP contribution in [-0.2, 0) is 0 Å². The molecule has 0 radical (unpaired) electrons. The third-order valence-electron chi connectivity index (χ3n) is 0. The SMILES string of the molecule is [LiH].[S]=[SbH].[SrH2]. The maximum absolute atomic E-state index is 4.17. The zero-order chi connectivity index (χ0) is 2.00. The van der Waals surface area contributed by atoms with Crippen LogP contribution in [0, 0.1) is 0 Å². The van der Waals surface area contributed by atoms with Crippen molar-refractivity contribution in [1.29, 1.82) is 0 Å². The molecule has 0 saturated heterocycles. The van der Waals surface area contributed by atoms with Gasteiger partial charge in [-0.1, -0.05) is 0 Å². The van der Waals surface area contributed by atoms with Crippen molar-refractivity contribution in [3.05, 3.63) is 0 Å². The van der Waals surface area contributed by atoms with Crippen molar-refractivity contribution in [2.24, 2.45) is 0 Å². The molecule has 0 aliphatic carbocycles. The van der Waals surface area contributed by atoms with E-state index in [0.29, 0.717) is 0 Å². The fraction of sp³-hybridized carbons (Fsp3) is 0. The molecule has 0 aromatic rings. The van der Waals surface area contributed by atoms with Crippen molar-refractivity contribution in [3.8, 4) is 0 Å². The number of rotatable bonds is 0. The van der Waals surface area contributed by atoms with Crippen LogP contribution in [0.4, 0.5) is 0 Å². The monoisotopic (exact) mass is 252 g/mol. The minimum atomic E-state index is 0. The van der Waals surface area contributed by atoms with Crippen molar-refractivity contribution >= 4 is 94.6 Å². The minimum absolute atomic E-state index is 0. The molecule has 0 spiro atoms. The summed E-state index contributed by atoms with van der Waals surface area (Å²) in [6.45, 7) is 0. The third kappa shape index (κ3) is 8.93. The molecule has 0 bridgehead atoms. The van der Waals surface area contributed by atoms with Crippen LogP contribution in [0.5, 0.6) is 0 Å². The van der Waals surface area contributed by atoms with Crippen LogP contribution >= 0.6 is 9.19 Å². The summed E-state index contributed by atoms with van der Waals surface area (Å²) < 4.78 is 0. The summed E-state index contributed by atoms with van der Waals surface area (Å²) in [6.07, 6.45) is 0. The fourth-order valence-corrected chi connectivity index (χ4v) is 0. The standard InChI is InChI=1S/Li.S.Sb.Sr.4H. The van der Waals surface area contributed by atoms with Gasteiger partial charge in [-0.25, -0.2) is 0 Å². The van der Waals surface area contributed by atoms with E-state index >= 15 is 0 Å². The van der Waals surface area contributed by atoms with Crippen molar-refractivity contribution < 1.29 is 0 Å². The molecular weight excluding hydrogens is 248 g/mol. The second-order valence-electron chi connectivity index (χ2n) is 0. The summed E-state index contributed by atoms with van der Waals surface area (Å²) in [5.41, 5.74) is 0. The topological polar surface area (TPSA) is 0 Å². The van der Waals surface area contributed by atoms with E-state index in [1.807, 2.05) is 0 Å². The van der Waals surface area contributed by atoms with E-state index in [-0.39, 0.29) is 64.3 Å². The quantitative estimate of drug-likeness (QED) is 0.470. The molecule has 0 nitrogen and oxygen atoms in total. The van der Waals surface area contributed by atoms with Gasteiger partial charge in [0.1, 0.15) is 0 Å². The Morgan fingerprint density at radius 2 is 1.25 bits per heavy atom. The summed E-state index contributed by atoms with van der Waals surface area (Å²) in [5.74, 6) is 0. The van der Waals surface area contributed by atoms with Crippen molar-refractivity contribution in [2.75, 3.05) is 0 Å². The van der Waals surface area contributed by atoms with E-state index in [1.54, 1.807) is 0 Å². The van der Waals surface area contributed by atoms with E-state index in [1.165, 1.54) is 0 Å². The van der Waals surface area contributed by atoms with Gasteiger partial charge in [-0.2, -0.15) is 0 Å². The molecule has 0 amide bonds. The molecule has 0 fully saturated rings. The van der Waals surface area contributed by atoms with Crippen LogP contribution in [0.25, 0.3) is 0 Å². The fourth-order valence-electron chi connectivity index (χ4n) is 0. The Morgan fingerprint density at radius 1 is 1.25 bits per heavy atom. The maximum atomic E-state index is 4.17. The van der Waals surface area contributed by atoms with Gasteiger partial charge in [0.2, 0.25) is 0 Å². The van der Waals surface area contributed by atoms with Gasteiger partial charge in [-0.3, -0.25) is 0 Å². The van der Waals surface area contributed by atoms with Crippen LogP contribution in [0.3, 0.4) is 0 Å². The van der Waals surface area contributed by atoms with Crippen molar-refractivity contribution in [1.82, 2.24) is 0 Å². The molecular formula is H4LiSSbSr. The molecule has 0 N–H and O–H groups in total. The Bertz CT molecular complexity index is 8.00. The first-order chi connectivity index (χ1) is 1.00. The second-order valence-corrected chi connectivity index (χ2v) is 0. The molecule has 0 aromatic heterocycles. The van der Waals surface area contributed by atoms with Gasteiger partial charge in [0.05, 0.1) is 0 Å². The third-order valence-corrected chi connectivity index (χ3v) is 0. The number of hydrogen-bond acceptors (Lipinski definition) is 1. The first-order valence-electron chi connectivity index (χ1n) is 0.204. The average molecular weight is 252 g/mol. The van der Waals surface area contributed by atoms with Crippen LogP contribution in [0.15, 0.2) is 0 Å². The first-order valence-corrected chi connectivity index (χ1v) is 4.11. The Kier molecular flexibility index (Phi) is 64.8. The number of hydrogen-bond donors (Lipinski definition) is 0. The van der Waals surface area contributed by atoms with E-state index in [2.05, 4.69) is 9.19 Å². The molecule has 0 aliphatic rings. The van der Waals surface area contributed by atoms with Crippen LogP contribution < -0.4 is 0 Å². The zero-order valence-corrected chi connectivity index (χ0v) is 4.58. The summed E-state index contributed by atoms with van der Waals surface area (Å²) in [7, 11) is 4.17. The van der Waals surface area contributed by atoms with Gasteiger partial charge in [-0.15, -0.1) is 0 Å². The molecule has 0 rings (SSSR count). The molecule has 18 valence electrons. The second kappa shape index (κ2) is 16.5.